The van der Waals surface area contributed by atoms with Crippen LogP contribution in [0.2, 0.25) is 0 Å². The van der Waals surface area contributed by atoms with E-state index in [1.54, 1.807) is 12.1 Å². The van der Waals surface area contributed by atoms with Crippen molar-refractivity contribution in [3.8, 4) is 5.75 Å². The summed E-state index contributed by atoms with van der Waals surface area (Å²) in [7, 11) is 0. The van der Waals surface area contributed by atoms with E-state index in [0.29, 0.717) is 6.42 Å². The smallest absolute Gasteiger partial charge is 0.146 e. The van der Waals surface area contributed by atoms with Crippen molar-refractivity contribution in [3.05, 3.63) is 27.3 Å². The van der Waals surface area contributed by atoms with Gasteiger partial charge in [-0.3, -0.25) is 4.79 Å². The number of hydrogen-bond donors (Lipinski definition) is 2. The van der Waals surface area contributed by atoms with Crippen LogP contribution in [-0.2, 0) is 11.2 Å². The molecule has 0 saturated carbocycles. The molecule has 1 aromatic carbocycles. The molecule has 1 aromatic rings. The van der Waals surface area contributed by atoms with Crippen molar-refractivity contribution in [2.45, 2.75) is 19.4 Å². The zero-order valence-corrected chi connectivity index (χ0v) is 9.98. The first-order valence-electron chi connectivity index (χ1n) is 4.24. The highest BCUT2D eigenvalue weighted by molar-refractivity contribution is 14.1. The maximum absolute atomic E-state index is 10.9. The Morgan fingerprint density at radius 2 is 2.29 bits per heavy atom. The van der Waals surface area contributed by atoms with Crippen LogP contribution in [0.3, 0.4) is 0 Å². The first-order chi connectivity index (χ1) is 6.50. The second-order valence-corrected chi connectivity index (χ2v) is 4.37. The predicted molar refractivity (Wildman–Crippen MR) is 63.2 cm³/mol. The van der Waals surface area contributed by atoms with Gasteiger partial charge in [-0.15, -0.1) is 0 Å². The lowest BCUT2D eigenvalue weighted by Gasteiger charge is -2.08. The normalized spacial score (nSPS) is 12.5. The van der Waals surface area contributed by atoms with Crippen molar-refractivity contribution in [3.63, 3.8) is 0 Å². The Balaban J connectivity index is 2.78. The van der Waals surface area contributed by atoms with Gasteiger partial charge in [0.1, 0.15) is 11.5 Å². The number of carbonyl (C=O) groups is 1. The lowest BCUT2D eigenvalue weighted by molar-refractivity contribution is -0.118. The summed E-state index contributed by atoms with van der Waals surface area (Å²) in [6, 6.07) is 4.78. The van der Waals surface area contributed by atoms with Crippen LogP contribution < -0.4 is 5.73 Å². The Morgan fingerprint density at radius 3 is 2.79 bits per heavy atom. The second-order valence-electron chi connectivity index (χ2n) is 3.21. The molecular weight excluding hydrogens is 293 g/mol. The van der Waals surface area contributed by atoms with Crippen LogP contribution in [0.1, 0.15) is 12.5 Å². The highest BCUT2D eigenvalue weighted by Gasteiger charge is 2.09. The number of benzene rings is 1. The molecule has 0 heterocycles. The number of halogens is 1. The number of nitrogens with two attached hydrogens (primary N) is 1. The van der Waals surface area contributed by atoms with E-state index >= 15 is 0 Å². The van der Waals surface area contributed by atoms with Gasteiger partial charge >= 0.3 is 0 Å². The van der Waals surface area contributed by atoms with Gasteiger partial charge in [-0.25, -0.2) is 0 Å². The fraction of sp³-hybridized carbons (Fsp3) is 0.300. The molecule has 1 rings (SSSR count). The minimum atomic E-state index is -0.449. The third-order valence-corrected chi connectivity index (χ3v) is 2.85. The lowest BCUT2D eigenvalue weighted by Crippen LogP contribution is -2.30. The van der Waals surface area contributed by atoms with E-state index in [-0.39, 0.29) is 11.5 Å². The number of rotatable bonds is 3. The third kappa shape index (κ3) is 2.95. The molecule has 3 nitrogen and oxygen atoms in total. The molecule has 0 spiro atoms. The largest absolute Gasteiger partial charge is 0.507 e. The Bertz CT molecular complexity index is 352. The molecule has 0 radical (unpaired) electrons. The highest BCUT2D eigenvalue weighted by atomic mass is 127. The molecule has 0 aliphatic heterocycles. The van der Waals surface area contributed by atoms with Crippen LogP contribution >= 0.6 is 22.6 Å². The van der Waals surface area contributed by atoms with E-state index in [9.17, 15) is 9.90 Å². The number of aromatic hydroxyl groups is 1. The quantitative estimate of drug-likeness (QED) is 0.831. The topological polar surface area (TPSA) is 63.3 Å². The van der Waals surface area contributed by atoms with E-state index in [2.05, 4.69) is 0 Å². The van der Waals surface area contributed by atoms with E-state index in [4.69, 9.17) is 5.73 Å². The monoisotopic (exact) mass is 305 g/mol. The molecule has 4 heteroatoms. The average Bonchev–Trinajstić information content (AvgIpc) is 2.11. The summed E-state index contributed by atoms with van der Waals surface area (Å²) in [5.41, 5.74) is 6.59. The summed E-state index contributed by atoms with van der Waals surface area (Å²) in [6.45, 7) is 1.48. The van der Waals surface area contributed by atoms with Gasteiger partial charge in [-0.05, 0) is 53.6 Å². The molecule has 14 heavy (non-hydrogen) atoms. The third-order valence-electron chi connectivity index (χ3n) is 1.99. The van der Waals surface area contributed by atoms with E-state index in [1.807, 2.05) is 28.7 Å². The molecule has 0 aliphatic carbocycles. The van der Waals surface area contributed by atoms with Crippen molar-refractivity contribution in [2.75, 3.05) is 0 Å². The van der Waals surface area contributed by atoms with Gasteiger partial charge in [-0.2, -0.15) is 0 Å². The Labute approximate surface area is 96.4 Å². The number of carbonyl (C=O) groups excluding carboxylic acids is 1. The van der Waals surface area contributed by atoms with Gasteiger partial charge in [0.2, 0.25) is 0 Å². The molecule has 0 amide bonds. The highest BCUT2D eigenvalue weighted by Crippen LogP contribution is 2.20. The van der Waals surface area contributed by atoms with Crippen LogP contribution in [-0.4, -0.2) is 16.9 Å². The number of phenols is 1. The summed E-state index contributed by atoms with van der Waals surface area (Å²) < 4.78 is 0.774. The van der Waals surface area contributed by atoms with E-state index < -0.39 is 6.04 Å². The van der Waals surface area contributed by atoms with Crippen LogP contribution in [0, 0.1) is 3.57 Å². The predicted octanol–water partition coefficient (Wildman–Crippen LogP) is 1.46. The minimum absolute atomic E-state index is 0.0203. The van der Waals surface area contributed by atoms with E-state index in [0.717, 1.165) is 9.13 Å². The molecule has 0 saturated heterocycles. The first kappa shape index (κ1) is 11.5. The van der Waals surface area contributed by atoms with Gasteiger partial charge in [0.15, 0.2) is 0 Å². The molecule has 1 atom stereocenters. The van der Waals surface area contributed by atoms with Gasteiger partial charge < -0.3 is 10.8 Å². The van der Waals surface area contributed by atoms with Gasteiger partial charge in [0.25, 0.3) is 0 Å². The minimum Gasteiger partial charge on any atom is -0.507 e. The number of ketones is 1. The SMILES string of the molecule is CC(=O)C(N)Cc1ccc(O)c(I)c1. The summed E-state index contributed by atoms with van der Waals surface area (Å²) in [5, 5.41) is 9.28. The average molecular weight is 305 g/mol. The fourth-order valence-corrected chi connectivity index (χ4v) is 1.65. The van der Waals surface area contributed by atoms with Crippen molar-refractivity contribution in [2.24, 2.45) is 5.73 Å². The summed E-state index contributed by atoms with van der Waals surface area (Å²) in [6.07, 6.45) is 0.519. The maximum atomic E-state index is 10.9. The lowest BCUT2D eigenvalue weighted by atomic mass is 10.0. The number of phenolic OH excluding ortho intramolecular Hbond substituents is 1. The summed E-state index contributed by atoms with van der Waals surface area (Å²) in [5.74, 6) is 0.235. The van der Waals surface area contributed by atoms with Gasteiger partial charge in [0.05, 0.1) is 9.61 Å². The molecule has 1 unspecified atom stereocenters. The van der Waals surface area contributed by atoms with Crippen molar-refractivity contribution < 1.29 is 9.90 Å². The summed E-state index contributed by atoms with van der Waals surface area (Å²) in [4.78, 5) is 10.9. The Morgan fingerprint density at radius 1 is 1.64 bits per heavy atom. The van der Waals surface area contributed by atoms with Crippen LogP contribution in [0.25, 0.3) is 0 Å². The number of hydrogen-bond acceptors (Lipinski definition) is 3. The summed E-state index contributed by atoms with van der Waals surface area (Å²) >= 11 is 2.04. The van der Waals surface area contributed by atoms with Gasteiger partial charge in [-0.1, -0.05) is 6.07 Å². The number of Topliss-reactive ketones (excluding diaryl/α,β-unsaturated/α-hetero) is 1. The van der Waals surface area contributed by atoms with Crippen molar-refractivity contribution in [1.82, 2.24) is 0 Å². The zero-order valence-electron chi connectivity index (χ0n) is 7.83. The van der Waals surface area contributed by atoms with Crippen LogP contribution in [0.4, 0.5) is 0 Å². The first-order valence-corrected chi connectivity index (χ1v) is 5.32. The molecule has 0 fully saturated rings. The van der Waals surface area contributed by atoms with Crippen molar-refractivity contribution >= 4 is 28.4 Å². The van der Waals surface area contributed by atoms with Crippen LogP contribution in [0.15, 0.2) is 18.2 Å². The zero-order chi connectivity index (χ0) is 10.7. The fourth-order valence-electron chi connectivity index (χ4n) is 1.08. The molecule has 0 bridgehead atoms. The van der Waals surface area contributed by atoms with E-state index in [1.165, 1.54) is 6.92 Å². The Hall–Kier alpha value is -0.620. The Kier molecular flexibility index (Phi) is 3.88. The molecule has 0 aromatic heterocycles. The second kappa shape index (κ2) is 4.75. The van der Waals surface area contributed by atoms with Crippen LogP contribution in [0.5, 0.6) is 5.75 Å². The maximum Gasteiger partial charge on any atom is 0.146 e. The molecule has 0 aliphatic rings. The molecule has 3 N–H and O–H groups in total. The standard InChI is InChI=1S/C10H12INO2/c1-6(13)9(12)5-7-2-3-10(14)8(11)4-7/h2-4,9,14H,5,12H2,1H3. The molecule has 76 valence electrons. The molecular formula is C10H12INO2. The van der Waals surface area contributed by atoms with Crippen molar-refractivity contribution in [1.29, 1.82) is 0 Å². The van der Waals surface area contributed by atoms with Gasteiger partial charge in [0, 0.05) is 0 Å².